The predicted octanol–water partition coefficient (Wildman–Crippen LogP) is 4.26. The topological polar surface area (TPSA) is 85.2 Å². The Balaban J connectivity index is 1.55. The zero-order chi connectivity index (χ0) is 23.4. The third-order valence-corrected chi connectivity index (χ3v) is 8.23. The summed E-state index contributed by atoms with van der Waals surface area (Å²) in [5, 5.41) is 0.677. The number of nitrogens with zero attached hydrogens (tertiary/aromatic N) is 4. The van der Waals surface area contributed by atoms with Crippen LogP contribution >= 0.6 is 11.3 Å². The fourth-order valence-electron chi connectivity index (χ4n) is 3.54. The number of sulfone groups is 1. The van der Waals surface area contributed by atoms with E-state index in [4.69, 9.17) is 4.98 Å². The molecule has 2 aromatic carbocycles. The van der Waals surface area contributed by atoms with E-state index in [0.717, 1.165) is 34.3 Å². The molecule has 33 heavy (non-hydrogen) atoms. The number of carbonyl (C=O) groups is 1. The molecule has 4 rings (SSSR count). The smallest absolute Gasteiger partial charge is 0.233 e. The first kappa shape index (κ1) is 23.1. The van der Waals surface area contributed by atoms with Gasteiger partial charge >= 0.3 is 0 Å². The molecule has 0 saturated heterocycles. The van der Waals surface area contributed by atoms with Crippen molar-refractivity contribution in [2.24, 2.45) is 0 Å². The molecule has 0 bridgehead atoms. The molecular weight excluding hydrogens is 456 g/mol. The number of carbonyl (C=O) groups excluding carboxylic acids is 1. The molecule has 2 aromatic heterocycles. The third-order valence-electron chi connectivity index (χ3n) is 5.44. The van der Waals surface area contributed by atoms with Crippen molar-refractivity contribution < 1.29 is 13.2 Å². The molecule has 0 fully saturated rings. The van der Waals surface area contributed by atoms with E-state index >= 15 is 0 Å². The average Bonchev–Trinajstić information content (AvgIpc) is 3.46. The van der Waals surface area contributed by atoms with Crippen LogP contribution in [0.5, 0.6) is 0 Å². The summed E-state index contributed by atoms with van der Waals surface area (Å²) >= 11 is 1.51. The van der Waals surface area contributed by atoms with Crippen LogP contribution in [0.3, 0.4) is 0 Å². The summed E-state index contributed by atoms with van der Waals surface area (Å²) in [6.45, 7) is 4.93. The van der Waals surface area contributed by atoms with Crippen molar-refractivity contribution in [2.75, 3.05) is 17.2 Å². The van der Waals surface area contributed by atoms with E-state index in [1.54, 1.807) is 48.6 Å². The van der Waals surface area contributed by atoms with Crippen LogP contribution < -0.4 is 4.90 Å². The summed E-state index contributed by atoms with van der Waals surface area (Å²) in [6.07, 6.45) is 6.33. The Labute approximate surface area is 197 Å². The Hall–Kier alpha value is -3.04. The lowest BCUT2D eigenvalue weighted by Crippen LogP contribution is -2.33. The number of rotatable bonds is 9. The monoisotopic (exact) mass is 482 g/mol. The Morgan fingerprint density at radius 1 is 1.15 bits per heavy atom. The maximum atomic E-state index is 13.3. The maximum Gasteiger partial charge on any atom is 0.233 e. The van der Waals surface area contributed by atoms with Gasteiger partial charge in [0.05, 0.1) is 33.6 Å². The molecule has 2 heterocycles. The quantitative estimate of drug-likeness (QED) is 0.356. The maximum absolute atomic E-state index is 13.3. The van der Waals surface area contributed by atoms with Gasteiger partial charge in [-0.05, 0) is 48.7 Å². The molecule has 9 heteroatoms. The molecule has 0 aliphatic heterocycles. The third kappa shape index (κ3) is 5.48. The van der Waals surface area contributed by atoms with Crippen molar-refractivity contribution in [1.29, 1.82) is 0 Å². The summed E-state index contributed by atoms with van der Waals surface area (Å²) < 4.78 is 27.2. The first-order valence-corrected chi connectivity index (χ1v) is 13.3. The first-order valence-electron chi connectivity index (χ1n) is 10.8. The summed E-state index contributed by atoms with van der Waals surface area (Å²) in [5.41, 5.74) is 2.80. The molecule has 0 radical (unpaired) electrons. The number of fused-ring (bicyclic) bond motifs is 1. The van der Waals surface area contributed by atoms with E-state index < -0.39 is 9.84 Å². The highest BCUT2D eigenvalue weighted by molar-refractivity contribution is 7.91. The molecular formula is C24H26N4O3S2. The molecule has 0 N–H and O–H groups in total. The van der Waals surface area contributed by atoms with Crippen molar-refractivity contribution in [3.63, 3.8) is 0 Å². The Bertz CT molecular complexity index is 1340. The molecule has 4 aromatic rings. The average molecular weight is 483 g/mol. The summed E-state index contributed by atoms with van der Waals surface area (Å²) in [4.78, 5) is 24.1. The normalized spacial score (nSPS) is 11.7. The Morgan fingerprint density at radius 2 is 1.94 bits per heavy atom. The van der Waals surface area contributed by atoms with Gasteiger partial charge in [-0.15, -0.1) is 0 Å². The predicted molar refractivity (Wildman–Crippen MR) is 131 cm³/mol. The minimum absolute atomic E-state index is 0.0487. The highest BCUT2D eigenvalue weighted by Gasteiger charge is 2.20. The van der Waals surface area contributed by atoms with Crippen LogP contribution in [0.25, 0.3) is 10.2 Å². The van der Waals surface area contributed by atoms with Crippen LogP contribution in [-0.4, -0.2) is 41.2 Å². The molecule has 0 spiro atoms. The Kier molecular flexibility index (Phi) is 6.90. The minimum atomic E-state index is -3.27. The van der Waals surface area contributed by atoms with Gasteiger partial charge in [-0.3, -0.25) is 9.69 Å². The number of imidazole rings is 1. The highest BCUT2D eigenvalue weighted by Crippen LogP contribution is 2.30. The molecule has 0 unspecified atom stereocenters. The summed E-state index contributed by atoms with van der Waals surface area (Å²) in [7, 11) is -3.27. The number of thiazole rings is 1. The largest absolute Gasteiger partial charge is 0.337 e. The van der Waals surface area contributed by atoms with Gasteiger partial charge in [0.1, 0.15) is 0 Å². The highest BCUT2D eigenvalue weighted by atomic mass is 32.2. The van der Waals surface area contributed by atoms with E-state index in [1.807, 2.05) is 29.8 Å². The number of amides is 1. The molecule has 0 saturated carbocycles. The van der Waals surface area contributed by atoms with Gasteiger partial charge in [0, 0.05) is 25.5 Å². The van der Waals surface area contributed by atoms with Gasteiger partial charge in [-0.1, -0.05) is 36.5 Å². The fraction of sp³-hybridized carbons (Fsp3) is 0.292. The van der Waals surface area contributed by atoms with Crippen LogP contribution in [0.1, 0.15) is 24.5 Å². The van der Waals surface area contributed by atoms with E-state index in [0.29, 0.717) is 11.7 Å². The van der Waals surface area contributed by atoms with Crippen molar-refractivity contribution in [3.05, 3.63) is 72.3 Å². The second kappa shape index (κ2) is 9.84. The van der Waals surface area contributed by atoms with Gasteiger partial charge in [0.2, 0.25) is 5.91 Å². The van der Waals surface area contributed by atoms with E-state index in [-0.39, 0.29) is 23.0 Å². The van der Waals surface area contributed by atoms with Gasteiger partial charge in [-0.25, -0.2) is 18.4 Å². The second-order valence-corrected chi connectivity index (χ2v) is 11.2. The summed E-state index contributed by atoms with van der Waals surface area (Å²) in [5.74, 6) is -0.0185. The molecule has 7 nitrogen and oxygen atoms in total. The van der Waals surface area contributed by atoms with Crippen molar-refractivity contribution in [1.82, 2.24) is 14.5 Å². The van der Waals surface area contributed by atoms with Gasteiger partial charge < -0.3 is 4.57 Å². The number of aryl methyl sites for hydroxylation is 2. The van der Waals surface area contributed by atoms with Gasteiger partial charge in [-0.2, -0.15) is 0 Å². The number of hydrogen-bond donors (Lipinski definition) is 0. The lowest BCUT2D eigenvalue weighted by molar-refractivity contribution is -0.118. The lowest BCUT2D eigenvalue weighted by atomic mass is 10.1. The standard InChI is InChI=1S/C24H26N4O3S2/c1-3-33(30,31)20-8-6-19(7-9-20)16-23(29)28(13-4-12-27-14-11-25-17-27)24-26-21-10-5-18(2)15-22(21)32-24/h5-11,14-15,17H,3-4,12-13,16H2,1-2H3. The lowest BCUT2D eigenvalue weighted by Gasteiger charge is -2.20. The van der Waals surface area contributed by atoms with E-state index in [2.05, 4.69) is 11.1 Å². The number of benzene rings is 2. The zero-order valence-corrected chi connectivity index (χ0v) is 20.3. The molecule has 0 atom stereocenters. The number of aromatic nitrogens is 3. The van der Waals surface area contributed by atoms with Crippen molar-refractivity contribution in [3.8, 4) is 0 Å². The number of anilines is 1. The minimum Gasteiger partial charge on any atom is -0.337 e. The first-order chi connectivity index (χ1) is 15.9. The number of hydrogen-bond acceptors (Lipinski definition) is 6. The molecule has 172 valence electrons. The molecule has 0 aliphatic carbocycles. The van der Waals surface area contributed by atoms with Crippen molar-refractivity contribution in [2.45, 2.75) is 38.1 Å². The van der Waals surface area contributed by atoms with Crippen LogP contribution in [0.15, 0.2) is 66.1 Å². The van der Waals surface area contributed by atoms with Crippen LogP contribution in [-0.2, 0) is 27.6 Å². The second-order valence-electron chi connectivity index (χ2n) is 7.89. The van der Waals surface area contributed by atoms with E-state index in [1.165, 1.54) is 11.3 Å². The summed E-state index contributed by atoms with van der Waals surface area (Å²) in [6, 6.07) is 12.7. The van der Waals surface area contributed by atoms with E-state index in [9.17, 15) is 13.2 Å². The SMILES string of the molecule is CCS(=O)(=O)c1ccc(CC(=O)N(CCCn2ccnc2)c2nc3ccc(C)cc3s2)cc1. The molecule has 0 aliphatic rings. The van der Waals surface area contributed by atoms with Gasteiger partial charge in [0.15, 0.2) is 15.0 Å². The molecule has 1 amide bonds. The zero-order valence-electron chi connectivity index (χ0n) is 18.6. The fourth-order valence-corrected chi connectivity index (χ4v) is 5.54. The van der Waals surface area contributed by atoms with Crippen LogP contribution in [0, 0.1) is 6.92 Å². The van der Waals surface area contributed by atoms with Gasteiger partial charge in [0.25, 0.3) is 0 Å². The van der Waals surface area contributed by atoms with Crippen molar-refractivity contribution >= 4 is 42.4 Å². The van der Waals surface area contributed by atoms with Crippen LogP contribution in [0.2, 0.25) is 0 Å². The van der Waals surface area contributed by atoms with Crippen LogP contribution in [0.4, 0.5) is 5.13 Å². The Morgan fingerprint density at radius 3 is 2.64 bits per heavy atom.